The van der Waals surface area contributed by atoms with Crippen molar-refractivity contribution in [2.75, 3.05) is 56.2 Å². The molecule has 2 bridgehead atoms. The van der Waals surface area contributed by atoms with Gasteiger partial charge in [0.15, 0.2) is 0 Å². The van der Waals surface area contributed by atoms with Crippen LogP contribution in [0.3, 0.4) is 0 Å². The second kappa shape index (κ2) is 8.89. The molecule has 1 aromatic rings. The molecule has 1 spiro atoms. The van der Waals surface area contributed by atoms with Gasteiger partial charge in [-0.3, -0.25) is 19.3 Å². The van der Waals surface area contributed by atoms with E-state index in [2.05, 4.69) is 15.5 Å². The monoisotopic (exact) mass is 454 g/mol. The zero-order chi connectivity index (χ0) is 23.0. The number of hydrogen-bond acceptors (Lipinski definition) is 6. The molecule has 3 amide bonds. The summed E-state index contributed by atoms with van der Waals surface area (Å²) in [5.74, 6) is -1.41. The fourth-order valence-corrected chi connectivity index (χ4v) is 5.40. The number of rotatable bonds is 7. The van der Waals surface area contributed by atoms with E-state index in [0.29, 0.717) is 18.8 Å². The summed E-state index contributed by atoms with van der Waals surface area (Å²) in [5, 5.41) is 5.76. The van der Waals surface area contributed by atoms with Crippen LogP contribution in [0.1, 0.15) is 13.3 Å². The SMILES string of the molecule is CC(=O)Nc1ccc(N2C[C@@]34C=C[C@@H](O3)[C@@H](C(=O)NCCCN3CCOCC3)[C@@H]4C2=O)cc1. The maximum absolute atomic E-state index is 13.4. The van der Waals surface area contributed by atoms with E-state index < -0.39 is 17.4 Å². The van der Waals surface area contributed by atoms with Crippen LogP contribution in [0, 0.1) is 11.8 Å². The van der Waals surface area contributed by atoms with Crippen LogP contribution in [0.4, 0.5) is 11.4 Å². The van der Waals surface area contributed by atoms with Gasteiger partial charge >= 0.3 is 0 Å². The predicted octanol–water partition coefficient (Wildman–Crippen LogP) is 0.770. The topological polar surface area (TPSA) is 100 Å². The van der Waals surface area contributed by atoms with Crippen molar-refractivity contribution in [3.05, 3.63) is 36.4 Å². The van der Waals surface area contributed by atoms with Gasteiger partial charge in [0.05, 0.1) is 37.7 Å². The number of amides is 3. The molecular weight excluding hydrogens is 424 g/mol. The van der Waals surface area contributed by atoms with Gasteiger partial charge in [-0.2, -0.15) is 0 Å². The van der Waals surface area contributed by atoms with E-state index in [9.17, 15) is 14.4 Å². The highest BCUT2D eigenvalue weighted by molar-refractivity contribution is 6.03. The summed E-state index contributed by atoms with van der Waals surface area (Å²) >= 11 is 0. The van der Waals surface area contributed by atoms with Gasteiger partial charge in [0.25, 0.3) is 0 Å². The van der Waals surface area contributed by atoms with Gasteiger partial charge in [0.1, 0.15) is 5.60 Å². The van der Waals surface area contributed by atoms with Gasteiger partial charge < -0.3 is 25.0 Å². The van der Waals surface area contributed by atoms with Crippen molar-refractivity contribution in [2.45, 2.75) is 25.0 Å². The van der Waals surface area contributed by atoms with Gasteiger partial charge in [-0.05, 0) is 37.2 Å². The van der Waals surface area contributed by atoms with Gasteiger partial charge in [-0.1, -0.05) is 12.2 Å². The summed E-state index contributed by atoms with van der Waals surface area (Å²) in [6.45, 7) is 6.70. The van der Waals surface area contributed by atoms with Crippen molar-refractivity contribution in [1.29, 1.82) is 0 Å². The number of benzene rings is 1. The first-order chi connectivity index (χ1) is 16.0. The van der Waals surface area contributed by atoms with Crippen LogP contribution in [0.5, 0.6) is 0 Å². The number of carbonyl (C=O) groups is 3. The minimum atomic E-state index is -0.756. The van der Waals surface area contributed by atoms with Gasteiger partial charge in [0, 0.05) is 37.9 Å². The number of morpholine rings is 1. The summed E-state index contributed by atoms with van der Waals surface area (Å²) in [6, 6.07) is 7.14. The Morgan fingerprint density at radius 2 is 1.94 bits per heavy atom. The lowest BCUT2D eigenvalue weighted by atomic mass is 9.77. The van der Waals surface area contributed by atoms with Crippen molar-refractivity contribution in [2.24, 2.45) is 11.8 Å². The maximum atomic E-state index is 13.4. The Morgan fingerprint density at radius 1 is 1.18 bits per heavy atom. The number of nitrogens with one attached hydrogen (secondary N) is 2. The number of carbonyl (C=O) groups excluding carboxylic acids is 3. The first-order valence-corrected chi connectivity index (χ1v) is 11.6. The van der Waals surface area contributed by atoms with Crippen LogP contribution in [0.15, 0.2) is 36.4 Å². The first kappa shape index (κ1) is 22.1. The van der Waals surface area contributed by atoms with Crippen molar-refractivity contribution in [3.8, 4) is 0 Å². The van der Waals surface area contributed by atoms with E-state index in [1.807, 2.05) is 12.2 Å². The molecule has 3 fully saturated rings. The molecule has 9 heteroatoms. The van der Waals surface area contributed by atoms with Crippen LogP contribution in [0.2, 0.25) is 0 Å². The van der Waals surface area contributed by atoms with E-state index in [0.717, 1.165) is 45.0 Å². The highest BCUT2D eigenvalue weighted by Crippen LogP contribution is 2.52. The smallest absolute Gasteiger partial charge is 0.234 e. The first-order valence-electron chi connectivity index (χ1n) is 11.6. The van der Waals surface area contributed by atoms with Crippen molar-refractivity contribution < 1.29 is 23.9 Å². The Balaban J connectivity index is 1.22. The fraction of sp³-hybridized carbons (Fsp3) is 0.542. The molecule has 3 saturated heterocycles. The number of anilines is 2. The largest absolute Gasteiger partial charge is 0.379 e. The van der Waals surface area contributed by atoms with Crippen LogP contribution < -0.4 is 15.5 Å². The molecule has 33 heavy (non-hydrogen) atoms. The molecule has 9 nitrogen and oxygen atoms in total. The Hall–Kier alpha value is -2.75. The molecule has 0 aromatic heterocycles. The summed E-state index contributed by atoms with van der Waals surface area (Å²) in [7, 11) is 0. The third-order valence-corrected chi connectivity index (χ3v) is 6.96. The fourth-order valence-electron chi connectivity index (χ4n) is 5.40. The molecule has 4 heterocycles. The molecule has 0 saturated carbocycles. The number of ether oxygens (including phenoxy) is 2. The molecule has 0 radical (unpaired) electrons. The molecule has 4 atom stereocenters. The van der Waals surface area contributed by atoms with Gasteiger partial charge in [-0.15, -0.1) is 0 Å². The van der Waals surface area contributed by atoms with Gasteiger partial charge in [-0.25, -0.2) is 0 Å². The normalized spacial score (nSPS) is 30.5. The number of hydrogen-bond donors (Lipinski definition) is 2. The maximum Gasteiger partial charge on any atom is 0.234 e. The Kier molecular flexibility index (Phi) is 5.94. The molecule has 1 aromatic carbocycles. The molecule has 4 aliphatic rings. The van der Waals surface area contributed by atoms with Crippen LogP contribution in [-0.2, 0) is 23.9 Å². The molecular formula is C24H30N4O5. The Bertz CT molecular complexity index is 958. The Morgan fingerprint density at radius 3 is 2.67 bits per heavy atom. The molecule has 2 N–H and O–H groups in total. The van der Waals surface area contributed by atoms with Crippen molar-refractivity contribution in [3.63, 3.8) is 0 Å². The summed E-state index contributed by atoms with van der Waals surface area (Å²) in [4.78, 5) is 41.8. The lowest BCUT2D eigenvalue weighted by Crippen LogP contribution is -2.45. The molecule has 176 valence electrons. The lowest BCUT2D eigenvalue weighted by Gasteiger charge is -2.27. The van der Waals surface area contributed by atoms with E-state index in [4.69, 9.17) is 9.47 Å². The molecule has 4 aliphatic heterocycles. The Labute approximate surface area is 193 Å². The van der Waals surface area contributed by atoms with E-state index in [1.165, 1.54) is 6.92 Å². The quantitative estimate of drug-likeness (QED) is 0.466. The third kappa shape index (κ3) is 4.16. The summed E-state index contributed by atoms with van der Waals surface area (Å²) in [5.41, 5.74) is 0.638. The second-order valence-corrected chi connectivity index (χ2v) is 9.15. The van der Waals surface area contributed by atoms with E-state index in [-0.39, 0.29) is 23.8 Å². The summed E-state index contributed by atoms with van der Waals surface area (Å²) in [6.07, 6.45) is 4.37. The minimum absolute atomic E-state index is 0.0948. The average Bonchev–Trinajstić information content (AvgIpc) is 3.46. The van der Waals surface area contributed by atoms with E-state index >= 15 is 0 Å². The molecule has 0 unspecified atom stereocenters. The second-order valence-electron chi connectivity index (χ2n) is 9.15. The van der Waals surface area contributed by atoms with Crippen LogP contribution in [0.25, 0.3) is 0 Å². The zero-order valence-corrected chi connectivity index (χ0v) is 18.8. The van der Waals surface area contributed by atoms with Gasteiger partial charge in [0.2, 0.25) is 17.7 Å². The van der Waals surface area contributed by atoms with Crippen LogP contribution >= 0.6 is 0 Å². The third-order valence-electron chi connectivity index (χ3n) is 6.96. The summed E-state index contributed by atoms with van der Waals surface area (Å²) < 4.78 is 11.6. The zero-order valence-electron chi connectivity index (χ0n) is 18.8. The van der Waals surface area contributed by atoms with E-state index in [1.54, 1.807) is 29.2 Å². The number of nitrogens with zero attached hydrogens (tertiary/aromatic N) is 2. The highest BCUT2D eigenvalue weighted by Gasteiger charge is 2.67. The number of fused-ring (bicyclic) bond motifs is 1. The van der Waals surface area contributed by atoms with Crippen molar-refractivity contribution in [1.82, 2.24) is 10.2 Å². The lowest BCUT2D eigenvalue weighted by molar-refractivity contribution is -0.131. The average molecular weight is 455 g/mol. The van der Waals surface area contributed by atoms with Crippen LogP contribution in [-0.4, -0.2) is 80.3 Å². The molecule has 0 aliphatic carbocycles. The molecule has 5 rings (SSSR count). The minimum Gasteiger partial charge on any atom is -0.379 e. The highest BCUT2D eigenvalue weighted by atomic mass is 16.5. The standard InChI is InChI=1S/C24H30N4O5/c1-16(29)26-17-3-5-18(6-4-17)28-15-24-8-7-19(33-24)20(21(24)23(28)31)22(30)25-9-2-10-27-11-13-32-14-12-27/h3-8,19-21H,2,9-15H2,1H3,(H,25,30)(H,26,29)/t19-,20-,21-,24-/m1/s1. The predicted molar refractivity (Wildman–Crippen MR) is 122 cm³/mol. The van der Waals surface area contributed by atoms with Crippen molar-refractivity contribution >= 4 is 29.1 Å².